The number of amides is 1. The number of hydrogen-bond acceptors (Lipinski definition) is 1. The molecule has 0 saturated heterocycles. The molecule has 1 N–H and O–H groups in total. The Morgan fingerprint density at radius 2 is 0.721 bits per heavy atom. The highest BCUT2D eigenvalue weighted by Gasteiger charge is 2.05. The zero-order valence-corrected chi connectivity index (χ0v) is 29.3. The Morgan fingerprint density at radius 1 is 0.419 bits per heavy atom. The van der Waals surface area contributed by atoms with Gasteiger partial charge in [-0.2, -0.15) is 0 Å². The quantitative estimate of drug-likeness (QED) is 0.0802. The van der Waals surface area contributed by atoms with Crippen molar-refractivity contribution in [1.29, 1.82) is 0 Å². The van der Waals surface area contributed by atoms with Gasteiger partial charge in [-0.05, 0) is 37.0 Å². The van der Waals surface area contributed by atoms with Crippen LogP contribution in [0, 0.1) is 0 Å². The van der Waals surface area contributed by atoms with E-state index in [0.29, 0.717) is 0 Å². The van der Waals surface area contributed by atoms with Crippen molar-refractivity contribution in [2.24, 2.45) is 0 Å². The normalized spacial score (nSPS) is 11.3. The average molecular weight is 598 g/mol. The monoisotopic (exact) mass is 598 g/mol. The number of rotatable bonds is 33. The number of nitrogens with one attached hydrogen (secondary N) is 1. The first-order valence-electron chi connectivity index (χ1n) is 19.6. The standard InChI is InChI=1S/C41H75NO/c1-3-5-7-9-11-13-15-17-18-19-20-21-22-24-26-28-30-32-38-42-41(43)40-36-34-39(35-37-40)33-31-29-27-25-23-16-14-12-10-8-6-4-2/h34-37H,3-33,38H2,1-2H3,(H,42,43). The predicted octanol–water partition coefficient (Wildman–Crippen LogP) is 13.7. The van der Waals surface area contributed by atoms with Crippen LogP contribution in [0.2, 0.25) is 0 Å². The Hall–Kier alpha value is -1.31. The number of hydrogen-bond donors (Lipinski definition) is 1. The van der Waals surface area contributed by atoms with Crippen molar-refractivity contribution in [1.82, 2.24) is 5.32 Å². The molecule has 0 bridgehead atoms. The first-order chi connectivity index (χ1) is 21.3. The maximum atomic E-state index is 12.5. The molecule has 0 radical (unpaired) electrons. The number of carbonyl (C=O) groups excluding carboxylic acids is 1. The molecule has 0 aliphatic carbocycles. The van der Waals surface area contributed by atoms with E-state index in [1.165, 1.54) is 192 Å². The van der Waals surface area contributed by atoms with E-state index >= 15 is 0 Å². The van der Waals surface area contributed by atoms with Crippen LogP contribution in [0.3, 0.4) is 0 Å². The van der Waals surface area contributed by atoms with E-state index in [1.807, 2.05) is 12.1 Å². The van der Waals surface area contributed by atoms with Crippen LogP contribution < -0.4 is 5.32 Å². The topological polar surface area (TPSA) is 29.1 Å². The Bertz CT molecular complexity index is 696. The average Bonchev–Trinajstić information content (AvgIpc) is 3.03. The van der Waals surface area contributed by atoms with Crippen LogP contribution in [-0.4, -0.2) is 12.5 Å². The summed E-state index contributed by atoms with van der Waals surface area (Å²) in [5.41, 5.74) is 2.17. The first kappa shape index (κ1) is 39.7. The lowest BCUT2D eigenvalue weighted by Gasteiger charge is -2.07. The lowest BCUT2D eigenvalue weighted by molar-refractivity contribution is 0.0953. The highest BCUT2D eigenvalue weighted by atomic mass is 16.1. The van der Waals surface area contributed by atoms with Gasteiger partial charge in [0.1, 0.15) is 0 Å². The fraction of sp³-hybridized carbons (Fsp3) is 0.829. The summed E-state index contributed by atoms with van der Waals surface area (Å²) in [6.45, 7) is 5.39. The van der Waals surface area contributed by atoms with Gasteiger partial charge in [-0.1, -0.05) is 206 Å². The Balaban J connectivity index is 1.86. The second kappa shape index (κ2) is 32.1. The molecule has 0 atom stereocenters. The van der Waals surface area contributed by atoms with Gasteiger partial charge in [0.15, 0.2) is 0 Å². The van der Waals surface area contributed by atoms with Gasteiger partial charge < -0.3 is 5.32 Å². The molecule has 1 rings (SSSR count). The molecular formula is C41H75NO. The van der Waals surface area contributed by atoms with Gasteiger partial charge in [-0.25, -0.2) is 0 Å². The number of benzene rings is 1. The van der Waals surface area contributed by atoms with E-state index in [0.717, 1.165) is 24.9 Å². The maximum Gasteiger partial charge on any atom is 0.251 e. The van der Waals surface area contributed by atoms with Crippen LogP contribution in [0.4, 0.5) is 0 Å². The molecule has 1 aromatic rings. The maximum absolute atomic E-state index is 12.5. The molecular weight excluding hydrogens is 522 g/mol. The van der Waals surface area contributed by atoms with Gasteiger partial charge in [-0.15, -0.1) is 0 Å². The minimum atomic E-state index is 0.0869. The van der Waals surface area contributed by atoms with Crippen LogP contribution in [-0.2, 0) is 6.42 Å². The van der Waals surface area contributed by atoms with E-state index in [-0.39, 0.29) is 5.91 Å². The van der Waals surface area contributed by atoms with Crippen molar-refractivity contribution in [3.8, 4) is 0 Å². The van der Waals surface area contributed by atoms with Gasteiger partial charge >= 0.3 is 0 Å². The van der Waals surface area contributed by atoms with Crippen molar-refractivity contribution in [3.05, 3.63) is 35.4 Å². The first-order valence-corrected chi connectivity index (χ1v) is 19.6. The molecule has 0 aromatic heterocycles. The van der Waals surface area contributed by atoms with Gasteiger partial charge in [0.2, 0.25) is 0 Å². The van der Waals surface area contributed by atoms with Crippen LogP contribution in [0.1, 0.15) is 222 Å². The van der Waals surface area contributed by atoms with Crippen molar-refractivity contribution >= 4 is 5.91 Å². The van der Waals surface area contributed by atoms with Gasteiger partial charge in [0.05, 0.1) is 0 Å². The van der Waals surface area contributed by atoms with E-state index in [4.69, 9.17) is 0 Å². The summed E-state index contributed by atoms with van der Waals surface area (Å²) < 4.78 is 0. The molecule has 0 fully saturated rings. The smallest absolute Gasteiger partial charge is 0.251 e. The van der Waals surface area contributed by atoms with Crippen LogP contribution >= 0.6 is 0 Å². The van der Waals surface area contributed by atoms with E-state index in [9.17, 15) is 4.79 Å². The van der Waals surface area contributed by atoms with Crippen molar-refractivity contribution in [2.45, 2.75) is 213 Å². The summed E-state index contributed by atoms with van der Waals surface area (Å²) in [7, 11) is 0. The highest BCUT2D eigenvalue weighted by molar-refractivity contribution is 5.94. The molecule has 250 valence electrons. The number of aryl methyl sites for hydroxylation is 1. The Kier molecular flexibility index (Phi) is 29.6. The van der Waals surface area contributed by atoms with Crippen LogP contribution in [0.5, 0.6) is 0 Å². The summed E-state index contributed by atoms with van der Waals surface area (Å²) in [5, 5.41) is 3.13. The van der Waals surface area contributed by atoms with Crippen LogP contribution in [0.15, 0.2) is 24.3 Å². The van der Waals surface area contributed by atoms with E-state index < -0.39 is 0 Å². The van der Waals surface area contributed by atoms with E-state index in [1.54, 1.807) is 0 Å². The third-order valence-corrected chi connectivity index (χ3v) is 9.35. The van der Waals surface area contributed by atoms with Crippen molar-refractivity contribution in [2.75, 3.05) is 6.54 Å². The minimum absolute atomic E-state index is 0.0869. The molecule has 0 unspecified atom stereocenters. The molecule has 0 aliphatic rings. The van der Waals surface area contributed by atoms with Crippen molar-refractivity contribution < 1.29 is 4.79 Å². The molecule has 2 heteroatoms. The molecule has 1 amide bonds. The second-order valence-electron chi connectivity index (χ2n) is 13.6. The summed E-state index contributed by atoms with van der Waals surface area (Å²) in [6.07, 6.45) is 42.9. The minimum Gasteiger partial charge on any atom is -0.352 e. The molecule has 0 saturated carbocycles. The number of carbonyl (C=O) groups is 1. The van der Waals surface area contributed by atoms with Gasteiger partial charge in [-0.3, -0.25) is 4.79 Å². The summed E-state index contributed by atoms with van der Waals surface area (Å²) in [4.78, 5) is 12.5. The highest BCUT2D eigenvalue weighted by Crippen LogP contribution is 2.16. The Labute approximate surface area is 270 Å². The molecule has 0 spiro atoms. The Morgan fingerprint density at radius 3 is 1.07 bits per heavy atom. The lowest BCUT2D eigenvalue weighted by atomic mass is 10.0. The predicted molar refractivity (Wildman–Crippen MR) is 192 cm³/mol. The van der Waals surface area contributed by atoms with Crippen molar-refractivity contribution in [3.63, 3.8) is 0 Å². The third kappa shape index (κ3) is 26.8. The van der Waals surface area contributed by atoms with Gasteiger partial charge in [0.25, 0.3) is 5.91 Å². The van der Waals surface area contributed by atoms with Gasteiger partial charge in [0, 0.05) is 12.1 Å². The molecule has 2 nitrogen and oxygen atoms in total. The summed E-state index contributed by atoms with van der Waals surface area (Å²) in [5.74, 6) is 0.0869. The third-order valence-electron chi connectivity index (χ3n) is 9.35. The van der Waals surface area contributed by atoms with E-state index in [2.05, 4.69) is 31.3 Å². The zero-order valence-electron chi connectivity index (χ0n) is 29.3. The fourth-order valence-corrected chi connectivity index (χ4v) is 6.32. The number of unbranched alkanes of at least 4 members (excludes halogenated alkanes) is 28. The molecule has 0 heterocycles. The van der Waals surface area contributed by atoms with Crippen LogP contribution in [0.25, 0.3) is 0 Å². The molecule has 43 heavy (non-hydrogen) atoms. The second-order valence-corrected chi connectivity index (χ2v) is 13.6. The summed E-state index contributed by atoms with van der Waals surface area (Å²) in [6, 6.07) is 8.34. The molecule has 1 aromatic carbocycles. The fourth-order valence-electron chi connectivity index (χ4n) is 6.32. The molecule has 0 aliphatic heterocycles. The summed E-state index contributed by atoms with van der Waals surface area (Å²) >= 11 is 0. The SMILES string of the molecule is CCCCCCCCCCCCCCCCCCCCNC(=O)c1ccc(CCCCCCCCCCCCCC)cc1. The zero-order chi connectivity index (χ0) is 30.9. The lowest BCUT2D eigenvalue weighted by Crippen LogP contribution is -2.24. The largest absolute Gasteiger partial charge is 0.352 e.